The van der Waals surface area contributed by atoms with Crippen LogP contribution in [0.1, 0.15) is 33.6 Å². The summed E-state index contributed by atoms with van der Waals surface area (Å²) in [5.41, 5.74) is 5.68. The minimum absolute atomic E-state index is 0.0866. The maximum absolute atomic E-state index is 11.8. The van der Waals surface area contributed by atoms with E-state index in [1.165, 1.54) is 0 Å². The summed E-state index contributed by atoms with van der Waals surface area (Å²) in [5.74, 6) is -0.227. The van der Waals surface area contributed by atoms with E-state index in [1.807, 2.05) is 13.8 Å². The number of rotatable bonds is 3. The van der Waals surface area contributed by atoms with Crippen LogP contribution in [0, 0.1) is 0 Å². The van der Waals surface area contributed by atoms with Gasteiger partial charge >= 0.3 is 0 Å². The van der Waals surface area contributed by atoms with Crippen LogP contribution in [0.25, 0.3) is 0 Å². The van der Waals surface area contributed by atoms with Gasteiger partial charge in [-0.15, -0.1) is 0 Å². The number of hydrogen-bond acceptors (Lipinski definition) is 3. The van der Waals surface area contributed by atoms with Gasteiger partial charge in [-0.3, -0.25) is 9.59 Å². The smallest absolute Gasteiger partial charge is 0.242 e. The molecule has 1 fully saturated rings. The fourth-order valence-corrected chi connectivity index (χ4v) is 1.86. The largest absolute Gasteiger partial charge is 0.352 e. The van der Waals surface area contributed by atoms with Crippen LogP contribution in [0.5, 0.6) is 0 Å². The van der Waals surface area contributed by atoms with Gasteiger partial charge in [0, 0.05) is 12.6 Å². The van der Waals surface area contributed by atoms with E-state index in [4.69, 9.17) is 5.73 Å². The van der Waals surface area contributed by atoms with Crippen molar-refractivity contribution in [1.29, 1.82) is 0 Å². The Morgan fingerprint density at radius 3 is 2.69 bits per heavy atom. The summed E-state index contributed by atoms with van der Waals surface area (Å²) < 4.78 is 0. The molecule has 3 N–H and O–H groups in total. The van der Waals surface area contributed by atoms with Crippen molar-refractivity contribution in [3.05, 3.63) is 0 Å². The molecule has 1 aliphatic heterocycles. The maximum Gasteiger partial charge on any atom is 0.242 e. The fourth-order valence-electron chi connectivity index (χ4n) is 1.86. The first-order valence-corrected chi connectivity index (χ1v) is 5.80. The van der Waals surface area contributed by atoms with E-state index in [0.29, 0.717) is 13.0 Å². The molecule has 0 unspecified atom stereocenters. The number of piperidine rings is 1. The molecule has 16 heavy (non-hydrogen) atoms. The molecule has 0 aromatic carbocycles. The minimum atomic E-state index is -0.442. The molecule has 2 atom stereocenters. The molecule has 2 amide bonds. The van der Waals surface area contributed by atoms with Crippen molar-refractivity contribution in [2.45, 2.75) is 51.7 Å². The van der Waals surface area contributed by atoms with Crippen LogP contribution in [0.3, 0.4) is 0 Å². The van der Waals surface area contributed by atoms with Crippen molar-refractivity contribution in [3.8, 4) is 0 Å². The van der Waals surface area contributed by atoms with Crippen molar-refractivity contribution < 1.29 is 9.59 Å². The van der Waals surface area contributed by atoms with Gasteiger partial charge in [0.25, 0.3) is 0 Å². The summed E-state index contributed by atoms with van der Waals surface area (Å²) in [6.07, 6.45) is 1.58. The van der Waals surface area contributed by atoms with E-state index in [-0.39, 0.29) is 17.9 Å². The van der Waals surface area contributed by atoms with E-state index < -0.39 is 12.1 Å². The Morgan fingerprint density at radius 2 is 2.12 bits per heavy atom. The highest BCUT2D eigenvalue weighted by molar-refractivity contribution is 5.90. The molecular weight excluding hydrogens is 206 g/mol. The van der Waals surface area contributed by atoms with Gasteiger partial charge in [-0.05, 0) is 33.6 Å². The Hall–Kier alpha value is -1.10. The first-order valence-electron chi connectivity index (χ1n) is 5.80. The monoisotopic (exact) mass is 227 g/mol. The van der Waals surface area contributed by atoms with Crippen molar-refractivity contribution in [1.82, 2.24) is 10.2 Å². The molecule has 1 saturated heterocycles. The number of carbonyl (C=O) groups is 2. The minimum Gasteiger partial charge on any atom is -0.352 e. The zero-order chi connectivity index (χ0) is 12.3. The SMILES string of the molecule is CC(C)NC(=O)[C@@H](C)N1CCC[C@@H](N)C1=O. The van der Waals surface area contributed by atoms with Crippen LogP contribution in [0.4, 0.5) is 0 Å². The maximum atomic E-state index is 11.8. The molecule has 5 heteroatoms. The number of nitrogens with zero attached hydrogens (tertiary/aromatic N) is 1. The van der Waals surface area contributed by atoms with E-state index in [2.05, 4.69) is 5.32 Å². The lowest BCUT2D eigenvalue weighted by Gasteiger charge is -2.34. The second kappa shape index (κ2) is 5.30. The number of likely N-dealkylation sites (tertiary alicyclic amines) is 1. The molecule has 0 aliphatic carbocycles. The van der Waals surface area contributed by atoms with Gasteiger partial charge in [-0.25, -0.2) is 0 Å². The number of nitrogens with two attached hydrogens (primary N) is 1. The van der Waals surface area contributed by atoms with Crippen LogP contribution < -0.4 is 11.1 Å². The van der Waals surface area contributed by atoms with Crippen LogP contribution in [-0.4, -0.2) is 41.4 Å². The van der Waals surface area contributed by atoms with E-state index in [9.17, 15) is 9.59 Å². The lowest BCUT2D eigenvalue weighted by atomic mass is 10.0. The molecule has 0 aromatic heterocycles. The zero-order valence-electron chi connectivity index (χ0n) is 10.2. The van der Waals surface area contributed by atoms with Gasteiger partial charge < -0.3 is 16.0 Å². The summed E-state index contributed by atoms with van der Waals surface area (Å²) in [4.78, 5) is 25.1. The summed E-state index contributed by atoms with van der Waals surface area (Å²) in [6, 6.07) is -0.784. The molecule has 0 radical (unpaired) electrons. The average Bonchev–Trinajstić information content (AvgIpc) is 2.20. The first kappa shape index (κ1) is 13.0. The number of hydrogen-bond donors (Lipinski definition) is 2. The zero-order valence-corrected chi connectivity index (χ0v) is 10.2. The van der Waals surface area contributed by atoms with Crippen molar-refractivity contribution in [2.24, 2.45) is 5.73 Å². The molecule has 5 nitrogen and oxygen atoms in total. The van der Waals surface area contributed by atoms with Gasteiger partial charge in [-0.2, -0.15) is 0 Å². The second-order valence-corrected chi connectivity index (χ2v) is 4.62. The third-order valence-corrected chi connectivity index (χ3v) is 2.79. The van der Waals surface area contributed by atoms with Gasteiger partial charge in [0.2, 0.25) is 11.8 Å². The van der Waals surface area contributed by atoms with E-state index in [1.54, 1.807) is 11.8 Å². The summed E-state index contributed by atoms with van der Waals surface area (Å²) >= 11 is 0. The van der Waals surface area contributed by atoms with E-state index >= 15 is 0 Å². The molecular formula is C11H21N3O2. The third-order valence-electron chi connectivity index (χ3n) is 2.79. The highest BCUT2D eigenvalue weighted by atomic mass is 16.2. The van der Waals surface area contributed by atoms with Crippen molar-refractivity contribution in [2.75, 3.05) is 6.54 Å². The quantitative estimate of drug-likeness (QED) is 0.704. The Bertz CT molecular complexity index is 278. The predicted octanol–water partition coefficient (Wildman–Crippen LogP) is -0.151. The highest BCUT2D eigenvalue weighted by Gasteiger charge is 2.32. The normalized spacial score (nSPS) is 23.4. The Balaban J connectivity index is 2.61. The Labute approximate surface area is 96.4 Å². The Kier molecular flexibility index (Phi) is 4.29. The van der Waals surface area contributed by atoms with E-state index in [0.717, 1.165) is 6.42 Å². The number of amides is 2. The highest BCUT2D eigenvalue weighted by Crippen LogP contribution is 2.13. The van der Waals surface area contributed by atoms with Gasteiger partial charge in [0.15, 0.2) is 0 Å². The van der Waals surface area contributed by atoms with Crippen LogP contribution in [0.2, 0.25) is 0 Å². The van der Waals surface area contributed by atoms with Crippen LogP contribution in [-0.2, 0) is 9.59 Å². The lowest BCUT2D eigenvalue weighted by Crippen LogP contribution is -2.56. The van der Waals surface area contributed by atoms with Gasteiger partial charge in [-0.1, -0.05) is 0 Å². The standard InChI is InChI=1S/C11H21N3O2/c1-7(2)13-10(15)8(3)14-6-4-5-9(12)11(14)16/h7-9H,4-6,12H2,1-3H3,(H,13,15)/t8-,9-/m1/s1. The van der Waals surface area contributed by atoms with Crippen LogP contribution in [0.15, 0.2) is 0 Å². The molecule has 0 aromatic rings. The summed E-state index contributed by atoms with van der Waals surface area (Å²) in [5, 5.41) is 2.80. The van der Waals surface area contributed by atoms with Crippen molar-refractivity contribution in [3.63, 3.8) is 0 Å². The predicted molar refractivity (Wildman–Crippen MR) is 61.7 cm³/mol. The summed E-state index contributed by atoms with van der Waals surface area (Å²) in [7, 11) is 0. The van der Waals surface area contributed by atoms with Crippen LogP contribution >= 0.6 is 0 Å². The van der Waals surface area contributed by atoms with Gasteiger partial charge in [0.1, 0.15) is 6.04 Å². The molecule has 1 heterocycles. The topological polar surface area (TPSA) is 75.4 Å². The third kappa shape index (κ3) is 2.95. The van der Waals surface area contributed by atoms with Crippen molar-refractivity contribution >= 4 is 11.8 Å². The molecule has 0 bridgehead atoms. The number of carbonyl (C=O) groups excluding carboxylic acids is 2. The lowest BCUT2D eigenvalue weighted by molar-refractivity contribution is -0.143. The summed E-state index contributed by atoms with van der Waals surface area (Å²) in [6.45, 7) is 6.16. The second-order valence-electron chi connectivity index (χ2n) is 4.62. The molecule has 1 rings (SSSR count). The Morgan fingerprint density at radius 1 is 1.50 bits per heavy atom. The number of nitrogens with one attached hydrogen (secondary N) is 1. The molecule has 92 valence electrons. The molecule has 0 spiro atoms. The average molecular weight is 227 g/mol. The van der Waals surface area contributed by atoms with Gasteiger partial charge in [0.05, 0.1) is 6.04 Å². The fraction of sp³-hybridized carbons (Fsp3) is 0.818. The molecule has 0 saturated carbocycles. The molecule has 1 aliphatic rings. The first-order chi connectivity index (χ1) is 7.43.